The third-order valence-corrected chi connectivity index (χ3v) is 1.88. The molecule has 1 unspecified atom stereocenters. The number of hydrogen-bond donors (Lipinski definition) is 2. The molecule has 2 N–H and O–H groups in total. The number of rotatable bonds is 5. The number of nitrogens with one attached hydrogen (secondary N) is 1. The van der Waals surface area contributed by atoms with Crippen molar-refractivity contribution in [1.82, 2.24) is 5.32 Å². The molecule has 0 aromatic rings. The van der Waals surface area contributed by atoms with Crippen molar-refractivity contribution in [1.29, 1.82) is 0 Å². The van der Waals surface area contributed by atoms with Gasteiger partial charge in [-0.2, -0.15) is 0 Å². The first-order valence-electron chi connectivity index (χ1n) is 4.81. The number of esters is 1. The highest BCUT2D eigenvalue weighted by atomic mass is 16.5. The molecule has 4 heteroatoms. The lowest BCUT2D eigenvalue weighted by atomic mass is 10.0. The Balaban J connectivity index is 4.18. The minimum absolute atomic E-state index is 0.143. The van der Waals surface area contributed by atoms with Gasteiger partial charge in [-0.05, 0) is 19.8 Å². The van der Waals surface area contributed by atoms with E-state index in [1.807, 2.05) is 13.8 Å². The Kier molecular flexibility index (Phi) is 5.08. The molecule has 0 aromatic carbocycles. The highest BCUT2D eigenvalue weighted by Crippen LogP contribution is 2.06. The van der Waals surface area contributed by atoms with Gasteiger partial charge in [0.15, 0.2) is 0 Å². The van der Waals surface area contributed by atoms with Crippen molar-refractivity contribution in [3.8, 4) is 0 Å². The van der Waals surface area contributed by atoms with Crippen molar-refractivity contribution in [2.75, 3.05) is 13.7 Å². The predicted molar refractivity (Wildman–Crippen MR) is 54.9 cm³/mol. The summed E-state index contributed by atoms with van der Waals surface area (Å²) in [6.07, 6.45) is 0. The molecule has 0 saturated heterocycles. The summed E-state index contributed by atoms with van der Waals surface area (Å²) >= 11 is 0. The quantitative estimate of drug-likeness (QED) is 0.640. The first-order valence-corrected chi connectivity index (χ1v) is 4.81. The summed E-state index contributed by atoms with van der Waals surface area (Å²) in [6.45, 7) is 7.60. The molecule has 0 radical (unpaired) electrons. The smallest absolute Gasteiger partial charge is 0.323 e. The van der Waals surface area contributed by atoms with Gasteiger partial charge in [-0.1, -0.05) is 13.8 Å². The lowest BCUT2D eigenvalue weighted by molar-refractivity contribution is -0.144. The monoisotopic (exact) mass is 203 g/mol. The Bertz CT molecular complexity index is 184. The maximum absolute atomic E-state index is 11.3. The van der Waals surface area contributed by atoms with E-state index in [1.54, 1.807) is 13.8 Å². The average molecular weight is 203 g/mol. The van der Waals surface area contributed by atoms with Crippen LogP contribution in [0.1, 0.15) is 27.7 Å². The molecule has 1 atom stereocenters. The van der Waals surface area contributed by atoms with Crippen LogP contribution < -0.4 is 5.32 Å². The largest absolute Gasteiger partial charge is 0.468 e. The molecule has 0 saturated carbocycles. The van der Waals surface area contributed by atoms with Gasteiger partial charge in [0.05, 0.1) is 12.7 Å². The zero-order valence-corrected chi connectivity index (χ0v) is 9.63. The van der Waals surface area contributed by atoms with Gasteiger partial charge in [0.25, 0.3) is 0 Å². The molecule has 4 nitrogen and oxygen atoms in total. The lowest BCUT2D eigenvalue weighted by Gasteiger charge is -2.24. The number of hydrogen-bond acceptors (Lipinski definition) is 4. The predicted octanol–water partition coefficient (Wildman–Crippen LogP) is 0.544. The topological polar surface area (TPSA) is 58.6 Å². The Morgan fingerprint density at radius 2 is 2.00 bits per heavy atom. The summed E-state index contributed by atoms with van der Waals surface area (Å²) in [5, 5.41) is 12.5. The van der Waals surface area contributed by atoms with Crippen molar-refractivity contribution in [2.45, 2.75) is 39.3 Å². The summed E-state index contributed by atoms with van der Waals surface area (Å²) in [7, 11) is 1.36. The van der Waals surface area contributed by atoms with E-state index >= 15 is 0 Å². The van der Waals surface area contributed by atoms with E-state index < -0.39 is 5.60 Å². The van der Waals surface area contributed by atoms with Crippen LogP contribution >= 0.6 is 0 Å². The van der Waals surface area contributed by atoms with Crippen molar-refractivity contribution in [2.24, 2.45) is 5.92 Å². The Labute approximate surface area is 85.6 Å². The highest BCUT2D eigenvalue weighted by molar-refractivity contribution is 5.75. The second kappa shape index (κ2) is 5.32. The van der Waals surface area contributed by atoms with Crippen molar-refractivity contribution in [3.05, 3.63) is 0 Å². The molecule has 0 bridgehead atoms. The van der Waals surface area contributed by atoms with Gasteiger partial charge >= 0.3 is 5.97 Å². The molecule has 14 heavy (non-hydrogen) atoms. The summed E-state index contributed by atoms with van der Waals surface area (Å²) in [4.78, 5) is 11.3. The number of ether oxygens (including phenoxy) is 1. The van der Waals surface area contributed by atoms with Crippen LogP contribution in [0.3, 0.4) is 0 Å². The first-order chi connectivity index (χ1) is 6.28. The number of carbonyl (C=O) groups is 1. The summed E-state index contributed by atoms with van der Waals surface area (Å²) in [5.74, 6) is -0.144. The van der Waals surface area contributed by atoms with Crippen LogP contribution in [0.4, 0.5) is 0 Å². The van der Waals surface area contributed by atoms with Gasteiger partial charge in [0.1, 0.15) is 6.04 Å². The number of aliphatic hydroxyl groups is 1. The highest BCUT2D eigenvalue weighted by Gasteiger charge is 2.24. The molecule has 0 fully saturated rings. The fourth-order valence-corrected chi connectivity index (χ4v) is 1.08. The van der Waals surface area contributed by atoms with E-state index in [-0.39, 0.29) is 17.9 Å². The Morgan fingerprint density at radius 3 is 2.29 bits per heavy atom. The van der Waals surface area contributed by atoms with Crippen LogP contribution in [0.5, 0.6) is 0 Å². The second-order valence-electron chi connectivity index (χ2n) is 4.44. The van der Waals surface area contributed by atoms with Crippen LogP contribution in [0.2, 0.25) is 0 Å². The van der Waals surface area contributed by atoms with E-state index in [9.17, 15) is 9.90 Å². The minimum Gasteiger partial charge on any atom is -0.468 e. The fraction of sp³-hybridized carbons (Fsp3) is 0.900. The van der Waals surface area contributed by atoms with Crippen LogP contribution in [0.25, 0.3) is 0 Å². The van der Waals surface area contributed by atoms with Gasteiger partial charge in [0, 0.05) is 6.54 Å². The average Bonchev–Trinajstić information content (AvgIpc) is 2.01. The summed E-state index contributed by atoms with van der Waals surface area (Å²) < 4.78 is 4.66. The summed E-state index contributed by atoms with van der Waals surface area (Å²) in [6, 6.07) is -0.355. The molecule has 0 aliphatic carbocycles. The molecule has 0 aliphatic heterocycles. The SMILES string of the molecule is COC(=O)C(NCC(C)(C)O)C(C)C. The molecule has 84 valence electrons. The Hall–Kier alpha value is -0.610. The molecular formula is C10H21NO3. The molecular weight excluding hydrogens is 182 g/mol. The zero-order valence-electron chi connectivity index (χ0n) is 9.63. The molecule has 0 rings (SSSR count). The molecule has 0 amide bonds. The normalized spacial score (nSPS) is 14.2. The van der Waals surface area contributed by atoms with Crippen LogP contribution in [-0.2, 0) is 9.53 Å². The van der Waals surface area contributed by atoms with E-state index in [0.29, 0.717) is 6.54 Å². The zero-order chi connectivity index (χ0) is 11.4. The van der Waals surface area contributed by atoms with Gasteiger partial charge in [-0.3, -0.25) is 4.79 Å². The second-order valence-corrected chi connectivity index (χ2v) is 4.44. The van der Waals surface area contributed by atoms with Gasteiger partial charge in [0.2, 0.25) is 0 Å². The molecule has 0 aromatic heterocycles. The van der Waals surface area contributed by atoms with Crippen molar-refractivity contribution < 1.29 is 14.6 Å². The summed E-state index contributed by atoms with van der Waals surface area (Å²) in [5.41, 5.74) is -0.818. The third-order valence-electron chi connectivity index (χ3n) is 1.88. The molecule has 0 heterocycles. The number of carbonyl (C=O) groups excluding carboxylic acids is 1. The number of methoxy groups -OCH3 is 1. The van der Waals surface area contributed by atoms with Gasteiger partial charge < -0.3 is 15.2 Å². The lowest BCUT2D eigenvalue weighted by Crippen LogP contribution is -2.47. The Morgan fingerprint density at radius 1 is 1.50 bits per heavy atom. The van der Waals surface area contributed by atoms with E-state index in [2.05, 4.69) is 10.1 Å². The minimum atomic E-state index is -0.818. The molecule has 0 aliphatic rings. The fourth-order valence-electron chi connectivity index (χ4n) is 1.08. The maximum Gasteiger partial charge on any atom is 0.323 e. The van der Waals surface area contributed by atoms with E-state index in [1.165, 1.54) is 7.11 Å². The van der Waals surface area contributed by atoms with Crippen LogP contribution in [-0.4, -0.2) is 36.4 Å². The molecule has 0 spiro atoms. The van der Waals surface area contributed by atoms with Gasteiger partial charge in [-0.15, -0.1) is 0 Å². The van der Waals surface area contributed by atoms with Crippen LogP contribution in [0, 0.1) is 5.92 Å². The first kappa shape index (κ1) is 13.4. The standard InChI is InChI=1S/C10H21NO3/c1-7(2)8(9(12)14-5)11-6-10(3,4)13/h7-8,11,13H,6H2,1-5H3. The van der Waals surface area contributed by atoms with Crippen molar-refractivity contribution >= 4 is 5.97 Å². The van der Waals surface area contributed by atoms with Crippen LogP contribution in [0.15, 0.2) is 0 Å². The van der Waals surface area contributed by atoms with E-state index in [0.717, 1.165) is 0 Å². The maximum atomic E-state index is 11.3. The van der Waals surface area contributed by atoms with Crippen molar-refractivity contribution in [3.63, 3.8) is 0 Å². The van der Waals surface area contributed by atoms with E-state index in [4.69, 9.17) is 0 Å². The third kappa shape index (κ3) is 5.19. The van der Waals surface area contributed by atoms with Gasteiger partial charge in [-0.25, -0.2) is 0 Å².